The molecule has 1 saturated carbocycles. The highest BCUT2D eigenvalue weighted by atomic mass is 79.9. The van der Waals surface area contributed by atoms with Gasteiger partial charge in [0.15, 0.2) is 0 Å². The molecule has 2 aliphatic rings. The summed E-state index contributed by atoms with van der Waals surface area (Å²) in [5.41, 5.74) is 0. The van der Waals surface area contributed by atoms with Crippen LogP contribution in [-0.2, 0) is 16.1 Å². The molecule has 6 heteroatoms. The van der Waals surface area contributed by atoms with Crippen LogP contribution in [0.1, 0.15) is 17.7 Å². The summed E-state index contributed by atoms with van der Waals surface area (Å²) >= 11 is 5.20. The number of hydrogen-bond acceptors (Lipinski definition) is 4. The van der Waals surface area contributed by atoms with Crippen LogP contribution in [0, 0.1) is 0 Å². The molecule has 0 spiro atoms. The minimum absolute atomic E-state index is 0.123. The fourth-order valence-corrected chi connectivity index (χ4v) is 3.74. The minimum Gasteiger partial charge on any atom is -0.378 e. The van der Waals surface area contributed by atoms with Crippen LogP contribution >= 0.6 is 27.3 Å². The number of amides is 1. The summed E-state index contributed by atoms with van der Waals surface area (Å²) in [7, 11) is 0. The third-order valence-corrected chi connectivity index (χ3v) is 5.06. The van der Waals surface area contributed by atoms with E-state index in [1.165, 1.54) is 4.88 Å². The van der Waals surface area contributed by atoms with Crippen LogP contribution in [-0.4, -0.2) is 42.6 Å². The highest BCUT2D eigenvalue weighted by molar-refractivity contribution is 9.11. The molecule has 3 rings (SSSR count). The molecule has 2 fully saturated rings. The van der Waals surface area contributed by atoms with Gasteiger partial charge in [-0.15, -0.1) is 11.3 Å². The van der Waals surface area contributed by atoms with Crippen molar-refractivity contribution < 1.29 is 9.53 Å². The number of carbonyl (C=O) groups excluding carboxylic acids is 1. The quantitative estimate of drug-likeness (QED) is 0.908. The van der Waals surface area contributed by atoms with E-state index in [4.69, 9.17) is 4.74 Å². The number of rotatable bonds is 4. The molecule has 1 unspecified atom stereocenters. The molecule has 0 bridgehead atoms. The Labute approximate surface area is 125 Å². The summed E-state index contributed by atoms with van der Waals surface area (Å²) in [6.07, 6.45) is 2.24. The molecule has 1 aromatic rings. The van der Waals surface area contributed by atoms with E-state index in [-0.39, 0.29) is 11.9 Å². The van der Waals surface area contributed by atoms with Gasteiger partial charge in [-0.3, -0.25) is 9.69 Å². The summed E-state index contributed by atoms with van der Waals surface area (Å²) in [6.45, 7) is 2.85. The van der Waals surface area contributed by atoms with Gasteiger partial charge in [0.05, 0.1) is 17.0 Å². The average Bonchev–Trinajstić information content (AvgIpc) is 3.12. The van der Waals surface area contributed by atoms with Crippen LogP contribution in [0.4, 0.5) is 0 Å². The van der Waals surface area contributed by atoms with Crippen molar-refractivity contribution in [1.29, 1.82) is 0 Å². The molecule has 1 aliphatic carbocycles. The minimum atomic E-state index is -0.143. The molecule has 19 heavy (non-hydrogen) atoms. The van der Waals surface area contributed by atoms with Crippen molar-refractivity contribution in [2.75, 3.05) is 19.8 Å². The summed E-state index contributed by atoms with van der Waals surface area (Å²) in [5.74, 6) is 0.123. The summed E-state index contributed by atoms with van der Waals surface area (Å²) in [5, 5.41) is 3.08. The average molecular weight is 345 g/mol. The van der Waals surface area contributed by atoms with E-state index < -0.39 is 0 Å². The van der Waals surface area contributed by atoms with Crippen LogP contribution in [0.5, 0.6) is 0 Å². The SMILES string of the molecule is O=C(NC1CC1)C1COCCN1Cc1ccc(Br)s1. The standard InChI is InChI=1S/C13H17BrN2O2S/c14-12-4-3-10(19-12)7-16-5-6-18-8-11(16)13(17)15-9-1-2-9/h3-4,9,11H,1-2,5-8H2,(H,15,17). The van der Waals surface area contributed by atoms with Gasteiger partial charge in [-0.25, -0.2) is 0 Å². The zero-order valence-electron chi connectivity index (χ0n) is 10.6. The van der Waals surface area contributed by atoms with Crippen LogP contribution < -0.4 is 5.32 Å². The Hall–Kier alpha value is -0.430. The molecule has 1 aliphatic heterocycles. The molecule has 4 nitrogen and oxygen atoms in total. The maximum absolute atomic E-state index is 12.2. The van der Waals surface area contributed by atoms with E-state index in [9.17, 15) is 4.79 Å². The van der Waals surface area contributed by atoms with Crippen LogP contribution in [0.3, 0.4) is 0 Å². The lowest BCUT2D eigenvalue weighted by molar-refractivity contribution is -0.133. The molecule has 1 aromatic heterocycles. The zero-order valence-corrected chi connectivity index (χ0v) is 13.0. The van der Waals surface area contributed by atoms with E-state index in [2.05, 4.69) is 38.3 Å². The summed E-state index contributed by atoms with van der Waals surface area (Å²) < 4.78 is 6.60. The Morgan fingerprint density at radius 2 is 2.37 bits per heavy atom. The lowest BCUT2D eigenvalue weighted by atomic mass is 10.2. The maximum Gasteiger partial charge on any atom is 0.239 e. The van der Waals surface area contributed by atoms with Crippen molar-refractivity contribution >= 4 is 33.2 Å². The second-order valence-electron chi connectivity index (χ2n) is 5.05. The van der Waals surface area contributed by atoms with Crippen LogP contribution in [0.25, 0.3) is 0 Å². The van der Waals surface area contributed by atoms with Crippen LogP contribution in [0.2, 0.25) is 0 Å². The first-order chi connectivity index (χ1) is 9.22. The first-order valence-corrected chi connectivity index (χ1v) is 8.20. The predicted molar refractivity (Wildman–Crippen MR) is 78.2 cm³/mol. The maximum atomic E-state index is 12.2. The van der Waals surface area contributed by atoms with E-state index in [1.807, 2.05) is 0 Å². The first-order valence-electron chi connectivity index (χ1n) is 6.59. The number of thiophene rings is 1. The highest BCUT2D eigenvalue weighted by Crippen LogP contribution is 2.25. The summed E-state index contributed by atoms with van der Waals surface area (Å²) in [4.78, 5) is 15.7. The van der Waals surface area contributed by atoms with Crippen LogP contribution in [0.15, 0.2) is 15.9 Å². The number of nitrogens with zero attached hydrogens (tertiary/aromatic N) is 1. The zero-order chi connectivity index (χ0) is 13.2. The monoisotopic (exact) mass is 344 g/mol. The van der Waals surface area contributed by atoms with Gasteiger partial charge in [0.2, 0.25) is 5.91 Å². The van der Waals surface area contributed by atoms with E-state index >= 15 is 0 Å². The molecule has 1 saturated heterocycles. The Kier molecular flexibility index (Phi) is 4.21. The number of hydrogen-bond donors (Lipinski definition) is 1. The van der Waals surface area contributed by atoms with Crippen molar-refractivity contribution in [3.05, 3.63) is 20.8 Å². The van der Waals surface area contributed by atoms with Gasteiger partial charge in [-0.05, 0) is 40.9 Å². The number of carbonyl (C=O) groups is 1. The van der Waals surface area contributed by atoms with Gasteiger partial charge in [0.1, 0.15) is 6.04 Å². The molecule has 1 atom stereocenters. The fourth-order valence-electron chi connectivity index (χ4n) is 2.23. The second-order valence-corrected chi connectivity index (χ2v) is 7.60. The fraction of sp³-hybridized carbons (Fsp3) is 0.615. The summed E-state index contributed by atoms with van der Waals surface area (Å²) in [6, 6.07) is 4.43. The van der Waals surface area contributed by atoms with Gasteiger partial charge in [0.25, 0.3) is 0 Å². The lowest BCUT2D eigenvalue weighted by Crippen LogP contribution is -2.53. The van der Waals surface area contributed by atoms with E-state index in [0.29, 0.717) is 19.3 Å². The van der Waals surface area contributed by atoms with Crippen molar-refractivity contribution in [3.63, 3.8) is 0 Å². The van der Waals surface area contributed by atoms with Crippen molar-refractivity contribution in [2.45, 2.75) is 31.5 Å². The number of halogens is 1. The topological polar surface area (TPSA) is 41.6 Å². The molecule has 1 amide bonds. The van der Waals surface area contributed by atoms with Gasteiger partial charge >= 0.3 is 0 Å². The molecular weight excluding hydrogens is 328 g/mol. The highest BCUT2D eigenvalue weighted by Gasteiger charge is 2.33. The van der Waals surface area contributed by atoms with Gasteiger partial charge in [-0.1, -0.05) is 0 Å². The molecule has 104 valence electrons. The Morgan fingerprint density at radius 3 is 3.05 bits per heavy atom. The first kappa shape index (κ1) is 13.5. The van der Waals surface area contributed by atoms with Gasteiger partial charge in [0, 0.05) is 24.0 Å². The van der Waals surface area contributed by atoms with E-state index in [0.717, 1.165) is 29.7 Å². The predicted octanol–water partition coefficient (Wildman–Crippen LogP) is 1.99. The van der Waals surface area contributed by atoms with Crippen molar-refractivity contribution in [3.8, 4) is 0 Å². The smallest absolute Gasteiger partial charge is 0.239 e. The normalized spacial score (nSPS) is 24.4. The third kappa shape index (κ3) is 3.56. The molecular formula is C13H17BrN2O2S. The van der Waals surface area contributed by atoms with Gasteiger partial charge < -0.3 is 10.1 Å². The van der Waals surface area contributed by atoms with Gasteiger partial charge in [-0.2, -0.15) is 0 Å². The molecule has 1 N–H and O–H groups in total. The van der Waals surface area contributed by atoms with E-state index in [1.54, 1.807) is 11.3 Å². The Morgan fingerprint density at radius 1 is 1.53 bits per heavy atom. The third-order valence-electron chi connectivity index (χ3n) is 3.45. The Bertz CT molecular complexity index is 461. The molecule has 2 heterocycles. The number of ether oxygens (including phenoxy) is 1. The Balaban J connectivity index is 1.64. The number of nitrogens with one attached hydrogen (secondary N) is 1. The molecule has 0 aromatic carbocycles. The largest absolute Gasteiger partial charge is 0.378 e. The van der Waals surface area contributed by atoms with Crippen molar-refractivity contribution in [1.82, 2.24) is 10.2 Å². The lowest BCUT2D eigenvalue weighted by Gasteiger charge is -2.34. The number of morpholine rings is 1. The second kappa shape index (κ2) is 5.91. The molecule has 0 radical (unpaired) electrons. The van der Waals surface area contributed by atoms with Crippen molar-refractivity contribution in [2.24, 2.45) is 0 Å².